The maximum absolute atomic E-state index is 12.7. The summed E-state index contributed by atoms with van der Waals surface area (Å²) in [5.41, 5.74) is 1.95. The first-order valence-electron chi connectivity index (χ1n) is 5.81. The minimum Gasteiger partial charge on any atom is -0.307 e. The van der Waals surface area contributed by atoms with Gasteiger partial charge in [-0.25, -0.2) is 8.78 Å². The van der Waals surface area contributed by atoms with Gasteiger partial charge in [0.15, 0.2) is 0 Å². The van der Waals surface area contributed by atoms with E-state index < -0.39 is 6.67 Å². The lowest BCUT2D eigenvalue weighted by atomic mass is 10.2. The summed E-state index contributed by atoms with van der Waals surface area (Å²) >= 11 is 0. The van der Waals surface area contributed by atoms with Crippen molar-refractivity contribution in [1.29, 1.82) is 0 Å². The van der Waals surface area contributed by atoms with E-state index in [1.807, 2.05) is 6.07 Å². The van der Waals surface area contributed by atoms with Crippen LogP contribution in [0.25, 0.3) is 0 Å². The van der Waals surface area contributed by atoms with Gasteiger partial charge in [-0.1, -0.05) is 12.1 Å². The predicted molar refractivity (Wildman–Crippen MR) is 72.4 cm³/mol. The SMILES string of the molecule is Cl.FCCn1nccc1CNCc1ccc(F)cc1. The molecule has 19 heavy (non-hydrogen) atoms. The topological polar surface area (TPSA) is 29.9 Å². The number of halogens is 3. The van der Waals surface area contributed by atoms with Crippen LogP contribution in [0, 0.1) is 5.82 Å². The van der Waals surface area contributed by atoms with Gasteiger partial charge in [-0.15, -0.1) is 12.4 Å². The van der Waals surface area contributed by atoms with Gasteiger partial charge in [-0.05, 0) is 23.8 Å². The van der Waals surface area contributed by atoms with Crippen LogP contribution in [0.15, 0.2) is 36.5 Å². The average molecular weight is 288 g/mol. The Labute approximate surface area is 117 Å². The van der Waals surface area contributed by atoms with E-state index in [1.165, 1.54) is 12.1 Å². The zero-order chi connectivity index (χ0) is 12.8. The number of benzene rings is 1. The van der Waals surface area contributed by atoms with Crippen LogP contribution in [-0.4, -0.2) is 16.5 Å². The fourth-order valence-electron chi connectivity index (χ4n) is 1.73. The number of rotatable bonds is 6. The Bertz CT molecular complexity index is 485. The quantitative estimate of drug-likeness (QED) is 0.885. The molecule has 2 rings (SSSR count). The lowest BCUT2D eigenvalue weighted by Crippen LogP contribution is -2.17. The molecule has 1 heterocycles. The molecule has 0 atom stereocenters. The number of hydrogen-bond donors (Lipinski definition) is 1. The number of hydrogen-bond acceptors (Lipinski definition) is 2. The highest BCUT2D eigenvalue weighted by atomic mass is 35.5. The molecule has 6 heteroatoms. The molecule has 0 spiro atoms. The first kappa shape index (κ1) is 15.6. The summed E-state index contributed by atoms with van der Waals surface area (Å²) in [6.45, 7) is 1.10. The van der Waals surface area contributed by atoms with Gasteiger partial charge in [0.2, 0.25) is 0 Å². The Morgan fingerprint density at radius 3 is 2.53 bits per heavy atom. The summed E-state index contributed by atoms with van der Waals surface area (Å²) < 4.78 is 26.6. The van der Waals surface area contributed by atoms with E-state index >= 15 is 0 Å². The number of aryl methyl sites for hydroxylation is 1. The van der Waals surface area contributed by atoms with Crippen LogP contribution < -0.4 is 5.32 Å². The normalized spacial score (nSPS) is 10.2. The van der Waals surface area contributed by atoms with E-state index in [1.54, 1.807) is 23.0 Å². The molecule has 104 valence electrons. The maximum Gasteiger partial charge on any atom is 0.123 e. The Kier molecular flexibility index (Phi) is 6.45. The van der Waals surface area contributed by atoms with Crippen molar-refractivity contribution in [2.75, 3.05) is 6.67 Å². The smallest absolute Gasteiger partial charge is 0.123 e. The van der Waals surface area contributed by atoms with Gasteiger partial charge in [0.05, 0.1) is 12.2 Å². The van der Waals surface area contributed by atoms with Crippen LogP contribution in [0.4, 0.5) is 8.78 Å². The highest BCUT2D eigenvalue weighted by Gasteiger charge is 2.01. The molecule has 0 bridgehead atoms. The molecule has 0 saturated heterocycles. The van der Waals surface area contributed by atoms with Gasteiger partial charge in [0, 0.05) is 19.3 Å². The molecule has 0 aliphatic carbocycles. The van der Waals surface area contributed by atoms with Crippen LogP contribution in [0.3, 0.4) is 0 Å². The highest BCUT2D eigenvalue weighted by molar-refractivity contribution is 5.85. The van der Waals surface area contributed by atoms with E-state index in [9.17, 15) is 8.78 Å². The van der Waals surface area contributed by atoms with Gasteiger partial charge in [-0.2, -0.15) is 5.10 Å². The Morgan fingerprint density at radius 2 is 1.84 bits per heavy atom. The molecule has 2 aromatic rings. The van der Waals surface area contributed by atoms with Gasteiger partial charge >= 0.3 is 0 Å². The van der Waals surface area contributed by atoms with Crippen molar-refractivity contribution < 1.29 is 8.78 Å². The number of nitrogens with one attached hydrogen (secondary N) is 1. The Morgan fingerprint density at radius 1 is 1.11 bits per heavy atom. The summed E-state index contributed by atoms with van der Waals surface area (Å²) in [5, 5.41) is 7.25. The first-order chi connectivity index (χ1) is 8.79. The lowest BCUT2D eigenvalue weighted by Gasteiger charge is -2.07. The van der Waals surface area contributed by atoms with Crippen molar-refractivity contribution in [2.24, 2.45) is 0 Å². The average Bonchev–Trinajstić information content (AvgIpc) is 2.80. The number of nitrogens with zero attached hydrogens (tertiary/aromatic N) is 2. The Balaban J connectivity index is 0.00000180. The van der Waals surface area contributed by atoms with Gasteiger partial charge < -0.3 is 5.32 Å². The van der Waals surface area contributed by atoms with Crippen molar-refractivity contribution in [3.05, 3.63) is 53.6 Å². The molecule has 0 unspecified atom stereocenters. The molecule has 0 fully saturated rings. The van der Waals surface area contributed by atoms with Crippen molar-refractivity contribution >= 4 is 12.4 Å². The second-order valence-electron chi connectivity index (χ2n) is 3.96. The van der Waals surface area contributed by atoms with Crippen LogP contribution in [0.1, 0.15) is 11.3 Å². The molecule has 0 radical (unpaired) electrons. The fraction of sp³-hybridized carbons (Fsp3) is 0.308. The standard InChI is InChI=1S/C13H15F2N3.ClH/c14-6-8-18-13(5-7-17-18)10-16-9-11-1-3-12(15)4-2-11;/h1-5,7,16H,6,8-10H2;1H. The van der Waals surface area contributed by atoms with Crippen molar-refractivity contribution in [3.63, 3.8) is 0 Å². The van der Waals surface area contributed by atoms with Crippen LogP contribution in [-0.2, 0) is 19.6 Å². The third-order valence-corrected chi connectivity index (χ3v) is 2.65. The molecule has 0 amide bonds. The number of alkyl halides is 1. The van der Waals surface area contributed by atoms with Crippen LogP contribution in [0.2, 0.25) is 0 Å². The summed E-state index contributed by atoms with van der Waals surface area (Å²) in [5.74, 6) is -0.236. The van der Waals surface area contributed by atoms with E-state index in [0.717, 1.165) is 11.3 Å². The number of aromatic nitrogens is 2. The fourth-order valence-corrected chi connectivity index (χ4v) is 1.73. The molecule has 0 saturated carbocycles. The summed E-state index contributed by atoms with van der Waals surface area (Å²) in [6, 6.07) is 8.20. The molecule has 0 aliphatic heterocycles. The van der Waals surface area contributed by atoms with Crippen LogP contribution >= 0.6 is 12.4 Å². The van der Waals surface area contributed by atoms with E-state index in [-0.39, 0.29) is 24.8 Å². The highest BCUT2D eigenvalue weighted by Crippen LogP contribution is 2.03. The lowest BCUT2D eigenvalue weighted by molar-refractivity contribution is 0.417. The molecular weight excluding hydrogens is 272 g/mol. The summed E-state index contributed by atoms with van der Waals surface area (Å²) in [7, 11) is 0. The van der Waals surface area contributed by atoms with Crippen molar-refractivity contribution in [2.45, 2.75) is 19.6 Å². The van der Waals surface area contributed by atoms with Gasteiger partial charge in [0.1, 0.15) is 12.5 Å². The molecule has 0 aliphatic rings. The maximum atomic E-state index is 12.7. The minimum atomic E-state index is -0.424. The second-order valence-corrected chi connectivity index (χ2v) is 3.96. The zero-order valence-electron chi connectivity index (χ0n) is 10.4. The molecule has 1 aromatic carbocycles. The summed E-state index contributed by atoms with van der Waals surface area (Å²) in [6.07, 6.45) is 1.66. The van der Waals surface area contributed by atoms with Crippen molar-refractivity contribution in [3.8, 4) is 0 Å². The van der Waals surface area contributed by atoms with Crippen LogP contribution in [0.5, 0.6) is 0 Å². The van der Waals surface area contributed by atoms with E-state index in [0.29, 0.717) is 13.1 Å². The molecule has 1 N–H and O–H groups in total. The predicted octanol–water partition coefficient (Wildman–Crippen LogP) is 2.70. The monoisotopic (exact) mass is 287 g/mol. The van der Waals surface area contributed by atoms with E-state index in [2.05, 4.69) is 10.4 Å². The van der Waals surface area contributed by atoms with Crippen molar-refractivity contribution in [1.82, 2.24) is 15.1 Å². The van der Waals surface area contributed by atoms with E-state index in [4.69, 9.17) is 0 Å². The minimum absolute atomic E-state index is 0. The second kappa shape index (κ2) is 7.86. The molecule has 1 aromatic heterocycles. The third kappa shape index (κ3) is 4.61. The largest absolute Gasteiger partial charge is 0.307 e. The third-order valence-electron chi connectivity index (χ3n) is 2.65. The summed E-state index contributed by atoms with van der Waals surface area (Å²) in [4.78, 5) is 0. The Hall–Kier alpha value is -1.46. The first-order valence-corrected chi connectivity index (χ1v) is 5.81. The van der Waals surface area contributed by atoms with Gasteiger partial charge in [-0.3, -0.25) is 4.68 Å². The molecule has 3 nitrogen and oxygen atoms in total. The molecular formula is C13H16ClF2N3. The van der Waals surface area contributed by atoms with Gasteiger partial charge in [0.25, 0.3) is 0 Å². The zero-order valence-corrected chi connectivity index (χ0v) is 11.2.